The molecule has 15 heavy (non-hydrogen) atoms. The van der Waals surface area contributed by atoms with E-state index in [0.717, 1.165) is 28.8 Å². The first-order chi connectivity index (χ1) is 7.30. The second kappa shape index (κ2) is 6.67. The summed E-state index contributed by atoms with van der Waals surface area (Å²) in [5, 5.41) is 4.15. The molecule has 1 heterocycles. The highest BCUT2D eigenvalue weighted by Gasteiger charge is 2.02. The first-order valence-electron chi connectivity index (χ1n) is 5.48. The maximum Gasteiger partial charge on any atom is 0.131 e. The summed E-state index contributed by atoms with van der Waals surface area (Å²) in [6, 6.07) is 2.01. The van der Waals surface area contributed by atoms with E-state index in [9.17, 15) is 0 Å². The Bertz CT molecular complexity index is 280. The Morgan fingerprint density at radius 1 is 1.33 bits per heavy atom. The van der Waals surface area contributed by atoms with Crippen molar-refractivity contribution < 1.29 is 0 Å². The molecule has 0 saturated heterocycles. The van der Waals surface area contributed by atoms with Crippen molar-refractivity contribution in [1.82, 2.24) is 9.97 Å². The zero-order valence-corrected chi connectivity index (χ0v) is 10.5. The number of unbranched alkanes of at least 4 members (excludes halogenated alkanes) is 1. The van der Waals surface area contributed by atoms with Crippen LogP contribution in [0.1, 0.15) is 32.5 Å². The van der Waals surface area contributed by atoms with Gasteiger partial charge < -0.3 is 5.32 Å². The van der Waals surface area contributed by atoms with Gasteiger partial charge in [0.2, 0.25) is 0 Å². The van der Waals surface area contributed by atoms with Crippen LogP contribution >= 0.6 is 11.8 Å². The molecule has 84 valence electrons. The second-order valence-corrected chi connectivity index (χ2v) is 4.43. The predicted molar refractivity (Wildman–Crippen MR) is 66.6 cm³/mol. The number of aromatic nitrogens is 2. The van der Waals surface area contributed by atoms with E-state index in [-0.39, 0.29) is 0 Å². The Hall–Kier alpha value is -0.770. The molecular weight excluding hydrogens is 206 g/mol. The molecule has 0 atom stereocenters. The monoisotopic (exact) mass is 225 g/mol. The van der Waals surface area contributed by atoms with Crippen LogP contribution in [0.5, 0.6) is 0 Å². The molecule has 1 aromatic heterocycles. The highest BCUT2D eigenvalue weighted by Crippen LogP contribution is 2.19. The van der Waals surface area contributed by atoms with Gasteiger partial charge in [-0.05, 0) is 12.2 Å². The van der Waals surface area contributed by atoms with E-state index in [1.54, 1.807) is 0 Å². The van der Waals surface area contributed by atoms with Crippen molar-refractivity contribution in [2.45, 2.75) is 38.1 Å². The van der Waals surface area contributed by atoms with Gasteiger partial charge >= 0.3 is 0 Å². The molecule has 0 aliphatic rings. The zero-order valence-electron chi connectivity index (χ0n) is 9.71. The van der Waals surface area contributed by atoms with Crippen LogP contribution in [0.2, 0.25) is 0 Å². The van der Waals surface area contributed by atoms with E-state index in [4.69, 9.17) is 0 Å². The van der Waals surface area contributed by atoms with Gasteiger partial charge in [0.25, 0.3) is 0 Å². The first-order valence-corrected chi connectivity index (χ1v) is 6.47. The number of hydrogen-bond donors (Lipinski definition) is 1. The molecule has 0 fully saturated rings. The summed E-state index contributed by atoms with van der Waals surface area (Å²) in [5.41, 5.74) is 0. The Morgan fingerprint density at radius 2 is 2.13 bits per heavy atom. The molecule has 1 rings (SSSR count). The van der Waals surface area contributed by atoms with Crippen LogP contribution in [0.4, 0.5) is 5.82 Å². The van der Waals surface area contributed by atoms with E-state index in [1.807, 2.05) is 24.9 Å². The molecule has 3 nitrogen and oxygen atoms in total. The summed E-state index contributed by atoms with van der Waals surface area (Å²) >= 11 is 1.81. The van der Waals surface area contributed by atoms with Crippen molar-refractivity contribution in [1.29, 1.82) is 0 Å². The van der Waals surface area contributed by atoms with Gasteiger partial charge in [-0.1, -0.05) is 20.3 Å². The maximum absolute atomic E-state index is 4.48. The molecule has 1 N–H and O–H groups in total. The highest BCUT2D eigenvalue weighted by molar-refractivity contribution is 7.99. The van der Waals surface area contributed by atoms with Gasteiger partial charge in [-0.25, -0.2) is 9.97 Å². The Morgan fingerprint density at radius 3 is 2.73 bits per heavy atom. The minimum Gasteiger partial charge on any atom is -0.373 e. The van der Waals surface area contributed by atoms with E-state index in [1.165, 1.54) is 12.8 Å². The van der Waals surface area contributed by atoms with E-state index >= 15 is 0 Å². The summed E-state index contributed by atoms with van der Waals surface area (Å²) in [4.78, 5) is 8.85. The third kappa shape index (κ3) is 4.08. The average Bonchev–Trinajstić information content (AvgIpc) is 2.29. The Kier molecular flexibility index (Phi) is 5.47. The number of thioether (sulfide) groups is 1. The fourth-order valence-corrected chi connectivity index (χ4v) is 2.16. The van der Waals surface area contributed by atoms with Gasteiger partial charge in [-0.3, -0.25) is 0 Å². The van der Waals surface area contributed by atoms with Crippen LogP contribution in [-0.4, -0.2) is 22.8 Å². The average molecular weight is 225 g/mol. The molecular formula is C11H19N3S. The van der Waals surface area contributed by atoms with Crippen molar-refractivity contribution in [2.75, 3.05) is 18.1 Å². The second-order valence-electron chi connectivity index (χ2n) is 3.31. The summed E-state index contributed by atoms with van der Waals surface area (Å²) in [7, 11) is 1.89. The molecule has 4 heteroatoms. The van der Waals surface area contributed by atoms with Crippen molar-refractivity contribution in [3.05, 3.63) is 11.9 Å². The number of nitrogens with one attached hydrogen (secondary N) is 1. The van der Waals surface area contributed by atoms with Crippen molar-refractivity contribution in [3.8, 4) is 0 Å². The fourth-order valence-electron chi connectivity index (χ4n) is 1.15. The van der Waals surface area contributed by atoms with E-state index in [0.29, 0.717) is 0 Å². The van der Waals surface area contributed by atoms with Crippen molar-refractivity contribution in [3.63, 3.8) is 0 Å². The number of rotatable bonds is 6. The van der Waals surface area contributed by atoms with Gasteiger partial charge in [0, 0.05) is 19.5 Å². The molecule has 0 radical (unpaired) electrons. The lowest BCUT2D eigenvalue weighted by molar-refractivity contribution is 0.878. The van der Waals surface area contributed by atoms with Crippen LogP contribution in [0.15, 0.2) is 11.1 Å². The molecule has 0 unspecified atom stereocenters. The molecule has 0 spiro atoms. The van der Waals surface area contributed by atoms with Gasteiger partial charge in [0.05, 0.1) is 0 Å². The molecule has 0 amide bonds. The minimum absolute atomic E-state index is 0.886. The van der Waals surface area contributed by atoms with E-state index in [2.05, 4.69) is 29.1 Å². The van der Waals surface area contributed by atoms with Crippen LogP contribution in [0.3, 0.4) is 0 Å². The van der Waals surface area contributed by atoms with Gasteiger partial charge in [-0.2, -0.15) is 0 Å². The Labute approximate surface area is 96.1 Å². The van der Waals surface area contributed by atoms with Crippen molar-refractivity contribution in [2.24, 2.45) is 0 Å². The van der Waals surface area contributed by atoms with Gasteiger partial charge in [-0.15, -0.1) is 11.8 Å². The molecule has 0 aromatic carbocycles. The lowest BCUT2D eigenvalue weighted by Crippen LogP contribution is -2.00. The first kappa shape index (κ1) is 12.3. The number of hydrogen-bond acceptors (Lipinski definition) is 4. The van der Waals surface area contributed by atoms with Crippen LogP contribution in [0.25, 0.3) is 0 Å². The quantitative estimate of drug-likeness (QED) is 0.459. The molecule has 1 aromatic rings. The largest absolute Gasteiger partial charge is 0.373 e. The molecule has 0 saturated carbocycles. The smallest absolute Gasteiger partial charge is 0.131 e. The summed E-state index contributed by atoms with van der Waals surface area (Å²) in [6.45, 7) is 4.28. The summed E-state index contributed by atoms with van der Waals surface area (Å²) < 4.78 is 0. The minimum atomic E-state index is 0.886. The highest BCUT2D eigenvalue weighted by atomic mass is 32.2. The van der Waals surface area contributed by atoms with Crippen LogP contribution in [0, 0.1) is 0 Å². The number of aryl methyl sites for hydroxylation is 1. The molecule has 0 aliphatic carbocycles. The summed E-state index contributed by atoms with van der Waals surface area (Å²) in [6.07, 6.45) is 3.36. The normalized spacial score (nSPS) is 10.3. The lowest BCUT2D eigenvalue weighted by atomic mass is 10.4. The van der Waals surface area contributed by atoms with E-state index < -0.39 is 0 Å². The standard InChI is InChI=1S/C11H19N3S/c1-4-6-7-15-11-8-10(12-3)13-9(5-2)14-11/h8H,4-7H2,1-3H3,(H,12,13,14). The lowest BCUT2D eigenvalue weighted by Gasteiger charge is -2.05. The van der Waals surface area contributed by atoms with Crippen LogP contribution in [-0.2, 0) is 6.42 Å². The third-order valence-corrected chi connectivity index (χ3v) is 3.07. The third-order valence-electron chi connectivity index (χ3n) is 2.07. The molecule has 0 aliphatic heterocycles. The molecule has 0 bridgehead atoms. The Balaban J connectivity index is 2.68. The summed E-state index contributed by atoms with van der Waals surface area (Å²) in [5.74, 6) is 2.97. The number of nitrogens with zero attached hydrogens (tertiary/aromatic N) is 2. The van der Waals surface area contributed by atoms with Crippen LogP contribution < -0.4 is 5.32 Å². The SMILES string of the molecule is CCCCSc1cc(NC)nc(CC)n1. The van der Waals surface area contributed by atoms with Gasteiger partial charge in [0.15, 0.2) is 0 Å². The zero-order chi connectivity index (χ0) is 11.1. The number of anilines is 1. The fraction of sp³-hybridized carbons (Fsp3) is 0.636. The predicted octanol–water partition coefficient (Wildman–Crippen LogP) is 2.97. The topological polar surface area (TPSA) is 37.8 Å². The maximum atomic E-state index is 4.48. The van der Waals surface area contributed by atoms with Gasteiger partial charge in [0.1, 0.15) is 16.7 Å². The van der Waals surface area contributed by atoms with Crippen molar-refractivity contribution >= 4 is 17.6 Å².